The quantitative estimate of drug-likeness (QED) is 0.532. The molecule has 0 spiro atoms. The molecule has 110 valence electrons. The van der Waals surface area contributed by atoms with Crippen LogP contribution in [0.15, 0.2) is 54.7 Å². The maximum Gasteiger partial charge on any atom is -0.0155 e. The lowest BCUT2D eigenvalue weighted by Crippen LogP contribution is -1.91. The van der Waals surface area contributed by atoms with E-state index in [1.54, 1.807) is 0 Å². The number of aryl methyl sites for hydroxylation is 1. The summed E-state index contributed by atoms with van der Waals surface area (Å²) in [5, 5.41) is 0. The molecule has 0 bridgehead atoms. The van der Waals surface area contributed by atoms with Gasteiger partial charge in [-0.25, -0.2) is 0 Å². The predicted octanol–water partition coefficient (Wildman–Crippen LogP) is 6.60. The van der Waals surface area contributed by atoms with Gasteiger partial charge in [0, 0.05) is 0 Å². The maximum absolute atomic E-state index is 4.17. The first-order chi connectivity index (χ1) is 9.88. The first-order valence-electron chi connectivity index (χ1n) is 7.31. The molecule has 0 radical (unpaired) electrons. The van der Waals surface area contributed by atoms with E-state index in [-0.39, 0.29) is 0 Å². The van der Waals surface area contributed by atoms with Crippen LogP contribution in [0.5, 0.6) is 0 Å². The number of hydrogen-bond donors (Lipinski definition) is 0. The summed E-state index contributed by atoms with van der Waals surface area (Å²) in [6.45, 7) is 18.6. The molecule has 0 amide bonds. The molecule has 0 fully saturated rings. The molecule has 0 nitrogen and oxygen atoms in total. The van der Waals surface area contributed by atoms with Crippen molar-refractivity contribution >= 4 is 17.7 Å². The van der Waals surface area contributed by atoms with Gasteiger partial charge in [-0.1, -0.05) is 60.8 Å². The van der Waals surface area contributed by atoms with E-state index in [4.69, 9.17) is 0 Å². The first-order valence-corrected chi connectivity index (χ1v) is 7.31. The van der Waals surface area contributed by atoms with E-state index in [2.05, 4.69) is 77.3 Å². The van der Waals surface area contributed by atoms with Crippen LogP contribution in [0.4, 0.5) is 0 Å². The van der Waals surface area contributed by atoms with Crippen molar-refractivity contribution in [3.05, 3.63) is 76.9 Å². The van der Waals surface area contributed by atoms with Crippen molar-refractivity contribution in [2.75, 3.05) is 0 Å². The third-order valence-electron chi connectivity index (χ3n) is 3.45. The second-order valence-corrected chi connectivity index (χ2v) is 5.61. The Hall–Kier alpha value is -2.08. The molecular formula is C21H26. The van der Waals surface area contributed by atoms with Crippen molar-refractivity contribution in [1.29, 1.82) is 0 Å². The molecule has 1 aromatic rings. The van der Waals surface area contributed by atoms with E-state index >= 15 is 0 Å². The van der Waals surface area contributed by atoms with Crippen molar-refractivity contribution in [3.63, 3.8) is 0 Å². The van der Waals surface area contributed by atoms with Crippen molar-refractivity contribution in [2.45, 2.75) is 34.6 Å². The van der Waals surface area contributed by atoms with Crippen molar-refractivity contribution in [1.82, 2.24) is 0 Å². The van der Waals surface area contributed by atoms with Crippen molar-refractivity contribution in [2.24, 2.45) is 0 Å². The van der Waals surface area contributed by atoms with Crippen molar-refractivity contribution < 1.29 is 0 Å². The molecule has 0 saturated carbocycles. The molecule has 0 heteroatoms. The molecule has 0 heterocycles. The predicted molar refractivity (Wildman–Crippen MR) is 98.2 cm³/mol. The average molecular weight is 278 g/mol. The largest absolute Gasteiger partial charge is 0.0984 e. The second kappa shape index (κ2) is 7.64. The van der Waals surface area contributed by atoms with Gasteiger partial charge in [-0.15, -0.1) is 0 Å². The van der Waals surface area contributed by atoms with Gasteiger partial charge in [0.2, 0.25) is 0 Å². The van der Waals surface area contributed by atoms with E-state index < -0.39 is 0 Å². The van der Waals surface area contributed by atoms with Gasteiger partial charge in [0.1, 0.15) is 0 Å². The summed E-state index contributed by atoms with van der Waals surface area (Å²) in [6, 6.07) is 4.35. The Labute approximate surface area is 129 Å². The Bertz CT molecular complexity index is 630. The van der Waals surface area contributed by atoms with Crippen LogP contribution in [-0.2, 0) is 0 Å². The Balaban J connectivity index is 3.26. The minimum absolute atomic E-state index is 1.02. The molecule has 0 aromatic heterocycles. The van der Waals surface area contributed by atoms with Gasteiger partial charge >= 0.3 is 0 Å². The highest BCUT2D eigenvalue weighted by molar-refractivity contribution is 5.78. The lowest BCUT2D eigenvalue weighted by atomic mass is 9.94. The molecule has 0 aliphatic carbocycles. The summed E-state index contributed by atoms with van der Waals surface area (Å²) >= 11 is 0. The van der Waals surface area contributed by atoms with Crippen LogP contribution in [-0.4, -0.2) is 0 Å². The summed E-state index contributed by atoms with van der Waals surface area (Å²) in [6.07, 6.45) is 10.4. The minimum atomic E-state index is 1.02. The SMILES string of the molecule is C=Cc1cc(C(=C)/C=C\C(C)=C/C)cc(C)c1C=C(C)C. The highest BCUT2D eigenvalue weighted by atomic mass is 14.1. The lowest BCUT2D eigenvalue weighted by molar-refractivity contribution is 1.37. The molecule has 0 N–H and O–H groups in total. The van der Waals surface area contributed by atoms with Gasteiger partial charge in [-0.05, 0) is 68.5 Å². The molecule has 1 rings (SSSR count). The summed E-state index contributed by atoms with van der Waals surface area (Å²) in [5.41, 5.74) is 8.34. The minimum Gasteiger partial charge on any atom is -0.0984 e. The third kappa shape index (κ3) is 4.75. The highest BCUT2D eigenvalue weighted by Crippen LogP contribution is 2.25. The van der Waals surface area contributed by atoms with Crippen LogP contribution in [0.3, 0.4) is 0 Å². The Morgan fingerprint density at radius 1 is 1.10 bits per heavy atom. The molecule has 1 aromatic carbocycles. The molecule has 21 heavy (non-hydrogen) atoms. The van der Waals surface area contributed by atoms with Gasteiger partial charge in [0.05, 0.1) is 0 Å². The normalized spacial score (nSPS) is 11.6. The van der Waals surface area contributed by atoms with Crippen LogP contribution in [0.25, 0.3) is 17.7 Å². The molecule has 0 aliphatic heterocycles. The van der Waals surface area contributed by atoms with Gasteiger partial charge < -0.3 is 0 Å². The number of hydrogen-bond acceptors (Lipinski definition) is 0. The van der Waals surface area contributed by atoms with E-state index in [0.717, 1.165) is 16.7 Å². The summed E-state index contributed by atoms with van der Waals surface area (Å²) in [7, 11) is 0. The van der Waals surface area contributed by atoms with Gasteiger partial charge in [0.25, 0.3) is 0 Å². The zero-order chi connectivity index (χ0) is 16.0. The summed E-state index contributed by atoms with van der Waals surface area (Å²) in [4.78, 5) is 0. The van der Waals surface area contributed by atoms with Crippen LogP contribution < -0.4 is 0 Å². The van der Waals surface area contributed by atoms with E-state index in [1.165, 1.54) is 22.3 Å². The smallest absolute Gasteiger partial charge is 0.0155 e. The lowest BCUT2D eigenvalue weighted by Gasteiger charge is -2.11. The monoisotopic (exact) mass is 278 g/mol. The Morgan fingerprint density at radius 3 is 2.29 bits per heavy atom. The Morgan fingerprint density at radius 2 is 1.76 bits per heavy atom. The van der Waals surface area contributed by atoms with Crippen LogP contribution >= 0.6 is 0 Å². The molecule has 0 aliphatic rings. The number of benzene rings is 1. The zero-order valence-corrected chi connectivity index (χ0v) is 14.0. The summed E-state index contributed by atoms with van der Waals surface area (Å²) in [5.74, 6) is 0. The fourth-order valence-electron chi connectivity index (χ4n) is 2.09. The first kappa shape index (κ1) is 17.0. The van der Waals surface area contributed by atoms with E-state index in [0.29, 0.717) is 0 Å². The van der Waals surface area contributed by atoms with Gasteiger partial charge in [-0.2, -0.15) is 0 Å². The van der Waals surface area contributed by atoms with Crippen molar-refractivity contribution in [3.8, 4) is 0 Å². The molecule has 0 unspecified atom stereocenters. The van der Waals surface area contributed by atoms with Crippen LogP contribution in [0.1, 0.15) is 49.9 Å². The van der Waals surface area contributed by atoms with Gasteiger partial charge in [-0.3, -0.25) is 0 Å². The Kier molecular flexibility index (Phi) is 6.17. The summed E-state index contributed by atoms with van der Waals surface area (Å²) < 4.78 is 0. The van der Waals surface area contributed by atoms with E-state index in [9.17, 15) is 0 Å². The van der Waals surface area contributed by atoms with Crippen LogP contribution in [0.2, 0.25) is 0 Å². The third-order valence-corrected chi connectivity index (χ3v) is 3.45. The zero-order valence-electron chi connectivity index (χ0n) is 14.0. The number of rotatable bonds is 5. The second-order valence-electron chi connectivity index (χ2n) is 5.61. The number of allylic oxidation sites excluding steroid dienone is 6. The molecule has 0 atom stereocenters. The standard InChI is InChI=1S/C21H26/c1-8-16(5)10-11-17(6)20-13-18(7)21(12-15(3)4)19(9-2)14-20/h8-14H,2,6H2,1,3-5,7H3/b11-10-,16-8-. The maximum atomic E-state index is 4.17. The van der Waals surface area contributed by atoms with Crippen LogP contribution in [0, 0.1) is 6.92 Å². The highest BCUT2D eigenvalue weighted by Gasteiger charge is 2.05. The molecule has 0 saturated heterocycles. The van der Waals surface area contributed by atoms with E-state index in [1.807, 2.05) is 13.0 Å². The fraction of sp³-hybridized carbons (Fsp3) is 0.238. The topological polar surface area (TPSA) is 0 Å². The van der Waals surface area contributed by atoms with Gasteiger partial charge in [0.15, 0.2) is 0 Å². The molecular weight excluding hydrogens is 252 g/mol. The average Bonchev–Trinajstić information content (AvgIpc) is 2.45. The fourth-order valence-corrected chi connectivity index (χ4v) is 2.09.